The summed E-state index contributed by atoms with van der Waals surface area (Å²) in [5, 5.41) is 11.9. The van der Waals surface area contributed by atoms with Gasteiger partial charge in [-0.25, -0.2) is 13.2 Å². The summed E-state index contributed by atoms with van der Waals surface area (Å²) in [5.74, 6) is -2.17. The maximum atomic E-state index is 14.9. The first-order chi connectivity index (χ1) is 24.6. The minimum absolute atomic E-state index is 0.0173. The number of likely N-dealkylation sites (tertiary alicyclic amines) is 1. The van der Waals surface area contributed by atoms with Crippen LogP contribution in [0.15, 0.2) is 0 Å². The molecule has 5 atom stereocenters. The first kappa shape index (κ1) is 39.0. The van der Waals surface area contributed by atoms with Gasteiger partial charge in [-0.1, -0.05) is 51.9 Å². The fraction of sp³-hybridized carbons (Fsp3) is 0.872. The van der Waals surface area contributed by atoms with E-state index >= 15 is 0 Å². The summed E-state index contributed by atoms with van der Waals surface area (Å²) in [6, 6.07) is -3.17. The van der Waals surface area contributed by atoms with Crippen molar-refractivity contribution in [2.24, 2.45) is 23.2 Å². The van der Waals surface area contributed by atoms with E-state index in [0.717, 1.165) is 89.9 Å². The van der Waals surface area contributed by atoms with E-state index in [0.29, 0.717) is 32.2 Å². The maximum Gasteiger partial charge on any atom is 0.315 e. The van der Waals surface area contributed by atoms with Gasteiger partial charge in [0.1, 0.15) is 12.1 Å². The molecule has 0 aromatic carbocycles. The Morgan fingerprint density at radius 1 is 0.827 bits per heavy atom. The highest BCUT2D eigenvalue weighted by Gasteiger charge is 2.64. The lowest BCUT2D eigenvalue weighted by atomic mass is 9.82. The minimum atomic E-state index is -3.55. The van der Waals surface area contributed by atoms with Crippen molar-refractivity contribution < 1.29 is 32.4 Å². The van der Waals surface area contributed by atoms with E-state index < -0.39 is 61.9 Å². The summed E-state index contributed by atoms with van der Waals surface area (Å²) < 4.78 is 25.9. The van der Waals surface area contributed by atoms with Crippen LogP contribution in [0.5, 0.6) is 0 Å². The molecule has 1 saturated heterocycles. The Kier molecular flexibility index (Phi) is 11.4. The van der Waals surface area contributed by atoms with Crippen LogP contribution < -0.4 is 21.3 Å². The largest absolute Gasteiger partial charge is 0.347 e. The van der Waals surface area contributed by atoms with Gasteiger partial charge in [0.05, 0.1) is 22.1 Å². The lowest BCUT2D eigenvalue weighted by molar-refractivity contribution is -0.144. The van der Waals surface area contributed by atoms with Crippen molar-refractivity contribution in [3.63, 3.8) is 0 Å². The highest BCUT2D eigenvalue weighted by Crippen LogP contribution is 2.66. The number of amides is 5. The molecule has 6 rings (SSSR count). The summed E-state index contributed by atoms with van der Waals surface area (Å²) in [6.07, 6.45) is 14.8. The Morgan fingerprint density at radius 2 is 1.48 bits per heavy atom. The molecule has 5 saturated carbocycles. The van der Waals surface area contributed by atoms with Crippen molar-refractivity contribution in [1.29, 1.82) is 0 Å². The molecular weight excluding hydrogens is 683 g/mol. The molecular formula is C39H63N5O7S. The van der Waals surface area contributed by atoms with Gasteiger partial charge in [0.25, 0.3) is 5.91 Å². The molecule has 13 heteroatoms. The molecule has 1 aliphatic heterocycles. The fourth-order valence-electron chi connectivity index (χ4n) is 9.92. The number of hydrogen-bond donors (Lipinski definition) is 4. The fourth-order valence-corrected chi connectivity index (χ4v) is 11.4. The smallest absolute Gasteiger partial charge is 0.315 e. The number of urea groups is 1. The number of nitrogens with one attached hydrogen (secondary N) is 4. The van der Waals surface area contributed by atoms with Gasteiger partial charge >= 0.3 is 6.03 Å². The third kappa shape index (κ3) is 8.33. The molecule has 0 radical (unpaired) electrons. The molecule has 5 aliphatic carbocycles. The first-order valence-electron chi connectivity index (χ1n) is 20.4. The van der Waals surface area contributed by atoms with E-state index in [1.165, 1.54) is 0 Å². The minimum Gasteiger partial charge on any atom is -0.347 e. The number of sulfone groups is 1. The molecule has 0 aromatic rings. The van der Waals surface area contributed by atoms with Crippen LogP contribution in [-0.2, 0) is 29.0 Å². The van der Waals surface area contributed by atoms with Crippen molar-refractivity contribution in [2.45, 2.75) is 178 Å². The zero-order valence-corrected chi connectivity index (χ0v) is 32.7. The molecule has 5 amide bonds. The number of ketones is 1. The van der Waals surface area contributed by atoms with Gasteiger partial charge in [0.2, 0.25) is 17.6 Å². The van der Waals surface area contributed by atoms with E-state index in [-0.39, 0.29) is 40.9 Å². The molecule has 0 bridgehead atoms. The number of Topliss-reactive ketones (excluding diaryl/α,β-unsaturated/α-hetero) is 1. The molecule has 1 heterocycles. The number of nitrogens with zero attached hydrogens (tertiary/aromatic N) is 1. The molecule has 6 fully saturated rings. The van der Waals surface area contributed by atoms with Crippen molar-refractivity contribution in [2.75, 3.05) is 12.3 Å². The molecule has 292 valence electrons. The zero-order valence-electron chi connectivity index (χ0n) is 31.9. The number of rotatable bonds is 13. The van der Waals surface area contributed by atoms with E-state index in [1.54, 1.807) is 25.7 Å². The second kappa shape index (κ2) is 15.2. The Hall–Kier alpha value is -2.70. The van der Waals surface area contributed by atoms with Crippen LogP contribution in [0.1, 0.15) is 143 Å². The van der Waals surface area contributed by atoms with Crippen LogP contribution in [0.4, 0.5) is 4.79 Å². The van der Waals surface area contributed by atoms with Gasteiger partial charge in [0.15, 0.2) is 9.84 Å². The Labute approximate surface area is 310 Å². The Bertz CT molecular complexity index is 1490. The summed E-state index contributed by atoms with van der Waals surface area (Å²) in [5.41, 5.74) is -0.787. The van der Waals surface area contributed by atoms with Gasteiger partial charge in [-0.3, -0.25) is 19.2 Å². The van der Waals surface area contributed by atoms with Gasteiger partial charge < -0.3 is 26.2 Å². The Balaban J connectivity index is 1.24. The maximum absolute atomic E-state index is 14.9. The highest BCUT2D eigenvalue weighted by molar-refractivity contribution is 7.92. The van der Waals surface area contributed by atoms with Crippen LogP contribution in [-0.4, -0.2) is 89.6 Å². The van der Waals surface area contributed by atoms with E-state index in [1.807, 2.05) is 6.92 Å². The summed E-state index contributed by atoms with van der Waals surface area (Å²) in [6.45, 7) is 7.38. The van der Waals surface area contributed by atoms with Crippen LogP contribution in [0, 0.1) is 23.2 Å². The quantitative estimate of drug-likeness (QED) is 0.204. The van der Waals surface area contributed by atoms with Crippen molar-refractivity contribution in [1.82, 2.24) is 26.2 Å². The van der Waals surface area contributed by atoms with Crippen LogP contribution in [0.2, 0.25) is 0 Å². The van der Waals surface area contributed by atoms with E-state index in [9.17, 15) is 32.4 Å². The van der Waals surface area contributed by atoms with Crippen molar-refractivity contribution in [3.8, 4) is 0 Å². The molecule has 4 N–H and O–H groups in total. The predicted octanol–water partition coefficient (Wildman–Crippen LogP) is 4.30. The van der Waals surface area contributed by atoms with Gasteiger partial charge in [-0.2, -0.15) is 0 Å². The van der Waals surface area contributed by atoms with Gasteiger partial charge in [-0.05, 0) is 115 Å². The topological polar surface area (TPSA) is 171 Å². The van der Waals surface area contributed by atoms with Gasteiger partial charge in [-0.15, -0.1) is 0 Å². The summed E-state index contributed by atoms with van der Waals surface area (Å²) >= 11 is 0. The average Bonchev–Trinajstić information content (AvgIpc) is 4.01. The highest BCUT2D eigenvalue weighted by atomic mass is 32.2. The van der Waals surface area contributed by atoms with Crippen molar-refractivity contribution >= 4 is 39.4 Å². The van der Waals surface area contributed by atoms with Crippen LogP contribution in [0.3, 0.4) is 0 Å². The summed E-state index contributed by atoms with van der Waals surface area (Å²) in [4.78, 5) is 71.1. The standard InChI is InChI=1S/C39H63N5O7S/c1-5-12-29(32(45)34(47)40-26-15-16-26)41-33(46)31-27-17-20-38(21-22-38)28(27)23-44(31)35(48)30(25-13-8-6-9-14-25)42-36(49)43-39(18-10-7-11-19-39)24-52(50,51)37(2,3)4/h25-31H,5-24H2,1-4H3,(H,40,47)(H,41,46)(H2,42,43,49)/t27-,28-,29?,30-,31-/m0/s1. The molecule has 52 heavy (non-hydrogen) atoms. The molecule has 1 unspecified atom stereocenters. The van der Waals surface area contributed by atoms with E-state index in [4.69, 9.17) is 0 Å². The molecule has 1 spiro atoms. The lowest BCUT2D eigenvalue weighted by Crippen LogP contribution is -2.63. The van der Waals surface area contributed by atoms with Crippen LogP contribution >= 0.6 is 0 Å². The van der Waals surface area contributed by atoms with Gasteiger partial charge in [0, 0.05) is 12.6 Å². The zero-order chi connectivity index (χ0) is 37.5. The Morgan fingerprint density at radius 3 is 2.08 bits per heavy atom. The van der Waals surface area contributed by atoms with Crippen molar-refractivity contribution in [3.05, 3.63) is 0 Å². The summed E-state index contributed by atoms with van der Waals surface area (Å²) in [7, 11) is -3.55. The second-order valence-electron chi connectivity index (χ2n) is 18.3. The molecule has 12 nitrogen and oxygen atoms in total. The average molecular weight is 746 g/mol. The third-order valence-corrected chi connectivity index (χ3v) is 16.3. The number of carbonyl (C=O) groups is 5. The SMILES string of the molecule is CCCC(NC(=O)[C@@H]1[C@H]2CCC3(CC3)[C@H]2CN1C(=O)[C@@H](NC(=O)NC1(CS(=O)(=O)C(C)(C)C)CCCCC1)C1CCCCC1)C(=O)C(=O)NC1CC1. The molecule has 0 aromatic heterocycles. The lowest BCUT2D eigenvalue weighted by Gasteiger charge is -2.41. The second-order valence-corrected chi connectivity index (χ2v) is 21.0. The molecule has 6 aliphatic rings. The predicted molar refractivity (Wildman–Crippen MR) is 198 cm³/mol. The normalized spacial score (nSPS) is 28.0. The van der Waals surface area contributed by atoms with E-state index in [2.05, 4.69) is 21.3 Å². The third-order valence-electron chi connectivity index (χ3n) is 13.5. The first-order valence-corrected chi connectivity index (χ1v) is 22.0. The monoisotopic (exact) mass is 745 g/mol. The number of fused-ring (bicyclic) bond motifs is 2. The number of carbonyl (C=O) groups excluding carboxylic acids is 5. The number of hydrogen-bond acceptors (Lipinski definition) is 7. The van der Waals surface area contributed by atoms with Crippen LogP contribution in [0.25, 0.3) is 0 Å².